The van der Waals surface area contributed by atoms with Gasteiger partial charge >= 0.3 is 6.09 Å². The molecule has 236 valence electrons. The van der Waals surface area contributed by atoms with Crippen LogP contribution < -0.4 is 9.80 Å². The maximum atomic E-state index is 13.1. The lowest BCUT2D eigenvalue weighted by Gasteiger charge is -2.41. The summed E-state index contributed by atoms with van der Waals surface area (Å²) in [5.74, 6) is 0. The number of aryl methyl sites for hydroxylation is 1. The predicted molar refractivity (Wildman–Crippen MR) is 185 cm³/mol. The Labute approximate surface area is 279 Å². The molecule has 0 aliphatic carbocycles. The summed E-state index contributed by atoms with van der Waals surface area (Å²) < 4.78 is 5.65. The minimum Gasteiger partial charge on any atom is -0.445 e. The molecule has 0 N–H and O–H groups in total. The molecule has 1 saturated heterocycles. The van der Waals surface area contributed by atoms with Crippen molar-refractivity contribution < 1.29 is 9.53 Å². The molecule has 2 aliphatic heterocycles. The first-order valence-corrected chi connectivity index (χ1v) is 16.3. The fourth-order valence-corrected chi connectivity index (χ4v) is 7.13. The zero-order valence-electron chi connectivity index (χ0n) is 26.3. The molecule has 8 nitrogen and oxygen atoms in total. The SMILES string of the molecule is Cc1cccc2cccc(N3CCc4c(nc(Cl)nc4-c4ccccc4N4CCN(C(=O)OCc5ccccc5)C(CC#N)C4)C3)c12. The van der Waals surface area contributed by atoms with Gasteiger partial charge in [0.25, 0.3) is 0 Å². The van der Waals surface area contributed by atoms with Gasteiger partial charge in [-0.05, 0) is 53.6 Å². The molecule has 1 amide bonds. The molecule has 4 aromatic carbocycles. The smallest absolute Gasteiger partial charge is 0.410 e. The molecular formula is C38H35ClN6O2. The molecule has 2 aliphatic rings. The van der Waals surface area contributed by atoms with Crippen molar-refractivity contribution in [3.8, 4) is 17.3 Å². The van der Waals surface area contributed by atoms with Gasteiger partial charge in [-0.3, -0.25) is 0 Å². The first-order chi connectivity index (χ1) is 23.0. The summed E-state index contributed by atoms with van der Waals surface area (Å²) in [7, 11) is 0. The molecule has 0 spiro atoms. The number of fused-ring (bicyclic) bond motifs is 2. The van der Waals surface area contributed by atoms with E-state index in [1.807, 2.05) is 42.5 Å². The van der Waals surface area contributed by atoms with E-state index in [-0.39, 0.29) is 24.4 Å². The first-order valence-electron chi connectivity index (χ1n) is 16.0. The number of carbonyl (C=O) groups excluding carboxylic acids is 1. The number of carbonyl (C=O) groups is 1. The molecule has 1 aromatic heterocycles. The average molecular weight is 643 g/mol. The van der Waals surface area contributed by atoms with Gasteiger partial charge in [0.2, 0.25) is 5.28 Å². The van der Waals surface area contributed by atoms with Crippen LogP contribution in [0.15, 0.2) is 91.0 Å². The number of piperazine rings is 1. The molecule has 47 heavy (non-hydrogen) atoms. The quantitative estimate of drug-likeness (QED) is 0.177. The van der Waals surface area contributed by atoms with E-state index >= 15 is 0 Å². The van der Waals surface area contributed by atoms with Crippen molar-refractivity contribution in [3.63, 3.8) is 0 Å². The van der Waals surface area contributed by atoms with Crippen LogP contribution in [-0.2, 0) is 24.3 Å². The Morgan fingerprint density at radius 1 is 0.915 bits per heavy atom. The summed E-state index contributed by atoms with van der Waals surface area (Å²) in [5.41, 5.74) is 8.21. The van der Waals surface area contributed by atoms with Gasteiger partial charge < -0.3 is 19.4 Å². The van der Waals surface area contributed by atoms with Gasteiger partial charge in [-0.25, -0.2) is 14.8 Å². The third-order valence-electron chi connectivity index (χ3n) is 9.22. The minimum atomic E-state index is -0.398. The number of halogens is 1. The second-order valence-electron chi connectivity index (χ2n) is 12.1. The number of para-hydroxylation sites is 1. The molecule has 9 heteroatoms. The molecule has 0 bridgehead atoms. The predicted octanol–water partition coefficient (Wildman–Crippen LogP) is 7.56. The normalized spacial score (nSPS) is 16.1. The van der Waals surface area contributed by atoms with Crippen molar-refractivity contribution in [1.29, 1.82) is 5.26 Å². The zero-order valence-corrected chi connectivity index (χ0v) is 27.0. The van der Waals surface area contributed by atoms with E-state index in [0.717, 1.165) is 46.7 Å². The molecule has 0 radical (unpaired) electrons. The van der Waals surface area contributed by atoms with E-state index in [1.165, 1.54) is 22.0 Å². The van der Waals surface area contributed by atoms with E-state index in [4.69, 9.17) is 26.3 Å². The molecular weight excluding hydrogens is 608 g/mol. The maximum Gasteiger partial charge on any atom is 0.410 e. The zero-order chi connectivity index (χ0) is 32.3. The van der Waals surface area contributed by atoms with E-state index in [2.05, 4.69) is 71.3 Å². The van der Waals surface area contributed by atoms with Crippen molar-refractivity contribution in [1.82, 2.24) is 14.9 Å². The summed E-state index contributed by atoms with van der Waals surface area (Å²) in [4.78, 5) is 29.0. The standard InChI is InChI=1S/C38H35ClN6O2/c1-26-9-7-12-28-13-8-16-34(35(26)28)43-20-18-30-32(24-43)41-37(39)42-36(30)31-14-5-6-15-33(31)44-21-22-45(29(23-44)17-19-40)38(46)47-25-27-10-3-2-4-11-27/h2-16,29H,17-18,20-25H2,1H3. The lowest BCUT2D eigenvalue weighted by molar-refractivity contribution is 0.0769. The Hall–Kier alpha value is -5.13. The molecule has 0 saturated carbocycles. The fraction of sp³-hybridized carbons (Fsp3) is 0.263. The summed E-state index contributed by atoms with van der Waals surface area (Å²) >= 11 is 6.63. The van der Waals surface area contributed by atoms with E-state index < -0.39 is 6.09 Å². The van der Waals surface area contributed by atoms with E-state index in [9.17, 15) is 10.1 Å². The summed E-state index contributed by atoms with van der Waals surface area (Å²) in [5, 5.41) is 12.4. The number of rotatable bonds is 6. The summed E-state index contributed by atoms with van der Waals surface area (Å²) in [6, 6.07) is 32.6. The molecule has 1 atom stereocenters. The van der Waals surface area contributed by atoms with E-state index in [0.29, 0.717) is 26.2 Å². The number of nitrogens with zero attached hydrogens (tertiary/aromatic N) is 6. The van der Waals surface area contributed by atoms with Crippen molar-refractivity contribution in [2.45, 2.75) is 39.0 Å². The highest BCUT2D eigenvalue weighted by molar-refractivity contribution is 6.28. The van der Waals surface area contributed by atoms with Crippen molar-refractivity contribution in [2.75, 3.05) is 36.0 Å². The maximum absolute atomic E-state index is 13.1. The Bertz CT molecular complexity index is 1970. The van der Waals surface area contributed by atoms with Crippen molar-refractivity contribution in [2.24, 2.45) is 0 Å². The monoisotopic (exact) mass is 642 g/mol. The van der Waals surface area contributed by atoms with Gasteiger partial charge in [0.1, 0.15) is 6.61 Å². The average Bonchev–Trinajstić information content (AvgIpc) is 3.10. The highest BCUT2D eigenvalue weighted by atomic mass is 35.5. The van der Waals surface area contributed by atoms with Crippen LogP contribution in [0.2, 0.25) is 5.28 Å². The minimum absolute atomic E-state index is 0.194. The van der Waals surface area contributed by atoms with Crippen molar-refractivity contribution >= 4 is 39.8 Å². The van der Waals surface area contributed by atoms with Gasteiger partial charge in [-0.1, -0.05) is 78.9 Å². The molecule has 7 rings (SSSR count). The number of hydrogen-bond donors (Lipinski definition) is 0. The number of nitriles is 1. The number of benzene rings is 4. The number of aromatic nitrogens is 2. The van der Waals surface area contributed by atoms with Gasteiger partial charge in [-0.2, -0.15) is 5.26 Å². The third kappa shape index (κ3) is 6.19. The lowest BCUT2D eigenvalue weighted by atomic mass is 9.95. The van der Waals surface area contributed by atoms with Crippen LogP contribution in [0.3, 0.4) is 0 Å². The highest BCUT2D eigenvalue weighted by Crippen LogP contribution is 2.38. The highest BCUT2D eigenvalue weighted by Gasteiger charge is 2.33. The van der Waals surface area contributed by atoms with E-state index in [1.54, 1.807) is 4.90 Å². The van der Waals surface area contributed by atoms with Crippen LogP contribution >= 0.6 is 11.6 Å². The number of hydrogen-bond acceptors (Lipinski definition) is 7. The molecule has 3 heterocycles. The van der Waals surface area contributed by atoms with Crippen LogP contribution in [0.25, 0.3) is 22.0 Å². The van der Waals surface area contributed by atoms with Crippen LogP contribution in [0.5, 0.6) is 0 Å². The molecule has 1 unspecified atom stereocenters. The van der Waals surface area contributed by atoms with Crippen LogP contribution in [0.1, 0.15) is 28.8 Å². The van der Waals surface area contributed by atoms with Crippen molar-refractivity contribution in [3.05, 3.63) is 119 Å². The summed E-state index contributed by atoms with van der Waals surface area (Å²) in [6.45, 7) is 5.35. The van der Waals surface area contributed by atoms with Crippen LogP contribution in [0, 0.1) is 18.3 Å². The van der Waals surface area contributed by atoms with Gasteiger partial charge in [-0.15, -0.1) is 0 Å². The molecule has 1 fully saturated rings. The Kier molecular flexibility index (Phi) is 8.64. The second-order valence-corrected chi connectivity index (χ2v) is 12.4. The third-order valence-corrected chi connectivity index (χ3v) is 9.39. The fourth-order valence-electron chi connectivity index (χ4n) is 6.94. The number of ether oxygens (including phenoxy) is 1. The topological polar surface area (TPSA) is 85.6 Å². The van der Waals surface area contributed by atoms with Gasteiger partial charge in [0.15, 0.2) is 0 Å². The Morgan fingerprint density at radius 2 is 1.68 bits per heavy atom. The largest absolute Gasteiger partial charge is 0.445 e. The van der Waals surface area contributed by atoms with Crippen LogP contribution in [0.4, 0.5) is 16.2 Å². The summed E-state index contributed by atoms with van der Waals surface area (Å²) in [6.07, 6.45) is 0.582. The van der Waals surface area contributed by atoms with Gasteiger partial charge in [0, 0.05) is 54.1 Å². The number of amides is 1. The number of anilines is 2. The first kappa shape index (κ1) is 30.5. The van der Waals surface area contributed by atoms with Gasteiger partial charge in [0.05, 0.1) is 36.5 Å². The second kappa shape index (κ2) is 13.3. The molecule has 5 aromatic rings. The Morgan fingerprint density at radius 3 is 2.51 bits per heavy atom. The van der Waals surface area contributed by atoms with Crippen LogP contribution in [-0.4, -0.2) is 53.2 Å². The Balaban J connectivity index is 1.15. The lowest BCUT2D eigenvalue weighted by Crippen LogP contribution is -2.55.